The summed E-state index contributed by atoms with van der Waals surface area (Å²) in [7, 11) is 0. The summed E-state index contributed by atoms with van der Waals surface area (Å²) in [5, 5.41) is 0. The summed E-state index contributed by atoms with van der Waals surface area (Å²) in [6.07, 6.45) is 4.87. The van der Waals surface area contributed by atoms with Crippen LogP contribution in [0.15, 0.2) is 78.4 Å². The lowest BCUT2D eigenvalue weighted by Crippen LogP contribution is -2.36. The van der Waals surface area contributed by atoms with Crippen LogP contribution in [-0.2, 0) is 16.1 Å². The van der Waals surface area contributed by atoms with Gasteiger partial charge in [-0.1, -0.05) is 66.7 Å². The molecule has 1 spiro atoms. The molecule has 2 aromatic carbocycles. The van der Waals surface area contributed by atoms with Crippen LogP contribution in [-0.4, -0.2) is 29.1 Å². The Bertz CT molecular complexity index is 885. The van der Waals surface area contributed by atoms with Gasteiger partial charge >= 0.3 is 5.97 Å². The van der Waals surface area contributed by atoms with Gasteiger partial charge in [-0.05, 0) is 16.7 Å². The molecule has 5 rings (SSSR count). The summed E-state index contributed by atoms with van der Waals surface area (Å²) >= 11 is 0. The van der Waals surface area contributed by atoms with Crippen molar-refractivity contribution in [1.29, 1.82) is 0 Å². The molecule has 2 aliphatic heterocycles. The van der Waals surface area contributed by atoms with Crippen LogP contribution in [0.1, 0.15) is 17.5 Å². The fourth-order valence-electron chi connectivity index (χ4n) is 4.40. The van der Waals surface area contributed by atoms with Crippen LogP contribution in [0.2, 0.25) is 0 Å². The van der Waals surface area contributed by atoms with Gasteiger partial charge in [0, 0.05) is 37.2 Å². The molecule has 1 fully saturated rings. The Morgan fingerprint density at radius 1 is 1.04 bits per heavy atom. The molecule has 124 valence electrons. The number of hydrogen-bond acceptors (Lipinski definition) is 3. The van der Waals surface area contributed by atoms with Gasteiger partial charge in [-0.25, -0.2) is 4.79 Å². The molecule has 2 heterocycles. The SMILES string of the molecule is O=C1C=C2C(c3ccccc3)=C[C@@H]3C[C@]2(CN3Cc2ccccc2)O1. The van der Waals surface area contributed by atoms with E-state index in [4.69, 9.17) is 4.74 Å². The Morgan fingerprint density at radius 2 is 1.76 bits per heavy atom. The van der Waals surface area contributed by atoms with E-state index in [2.05, 4.69) is 47.4 Å². The van der Waals surface area contributed by atoms with Crippen molar-refractivity contribution in [2.75, 3.05) is 6.54 Å². The average molecular weight is 329 g/mol. The van der Waals surface area contributed by atoms with E-state index >= 15 is 0 Å². The second kappa shape index (κ2) is 5.43. The third-order valence-electron chi connectivity index (χ3n) is 5.48. The van der Waals surface area contributed by atoms with Crippen molar-refractivity contribution in [2.24, 2.45) is 0 Å². The predicted octanol–water partition coefficient (Wildman–Crippen LogP) is 3.58. The molecule has 0 aromatic heterocycles. The maximum atomic E-state index is 12.1. The first kappa shape index (κ1) is 14.7. The molecular weight excluding hydrogens is 310 g/mol. The maximum absolute atomic E-state index is 12.1. The molecule has 2 bridgehead atoms. The first-order valence-electron chi connectivity index (χ1n) is 8.74. The second-order valence-corrected chi connectivity index (χ2v) is 7.08. The minimum atomic E-state index is -0.476. The maximum Gasteiger partial charge on any atom is 0.332 e. The molecule has 0 unspecified atom stereocenters. The number of esters is 1. The average Bonchev–Trinajstić information content (AvgIpc) is 3.11. The number of benzene rings is 2. The Hall–Kier alpha value is -2.65. The lowest BCUT2D eigenvalue weighted by atomic mass is 9.79. The van der Waals surface area contributed by atoms with Crippen LogP contribution >= 0.6 is 0 Å². The van der Waals surface area contributed by atoms with Crippen LogP contribution in [0.4, 0.5) is 0 Å². The number of nitrogens with zero attached hydrogens (tertiary/aromatic N) is 1. The zero-order valence-corrected chi connectivity index (χ0v) is 13.9. The van der Waals surface area contributed by atoms with Gasteiger partial charge in [0.2, 0.25) is 0 Å². The van der Waals surface area contributed by atoms with E-state index in [-0.39, 0.29) is 5.97 Å². The summed E-state index contributed by atoms with van der Waals surface area (Å²) in [4.78, 5) is 14.5. The van der Waals surface area contributed by atoms with E-state index in [1.54, 1.807) is 6.08 Å². The van der Waals surface area contributed by atoms with E-state index in [0.717, 1.165) is 36.2 Å². The summed E-state index contributed by atoms with van der Waals surface area (Å²) in [5.41, 5.74) is 4.17. The number of likely N-dealkylation sites (tertiary alicyclic amines) is 1. The van der Waals surface area contributed by atoms with Crippen LogP contribution in [0.5, 0.6) is 0 Å². The van der Waals surface area contributed by atoms with E-state index in [1.807, 2.05) is 24.3 Å². The standard InChI is InChI=1S/C22H19NO2/c24-21-12-20-19(17-9-5-2-6-10-17)11-18-13-22(20,25-21)15-23(18)14-16-7-3-1-4-8-16/h1-12,18H,13-15H2/t18-,22-/m1/s1. The Labute approximate surface area is 147 Å². The fraction of sp³-hybridized carbons (Fsp3) is 0.227. The van der Waals surface area contributed by atoms with Crippen LogP contribution < -0.4 is 0 Å². The van der Waals surface area contributed by atoms with Gasteiger partial charge in [-0.15, -0.1) is 0 Å². The summed E-state index contributed by atoms with van der Waals surface area (Å²) in [6.45, 7) is 1.63. The van der Waals surface area contributed by atoms with Gasteiger partial charge in [0.15, 0.2) is 5.60 Å². The minimum absolute atomic E-state index is 0.209. The predicted molar refractivity (Wildman–Crippen MR) is 96.6 cm³/mol. The number of carbonyl (C=O) groups is 1. The third-order valence-corrected chi connectivity index (χ3v) is 5.48. The topological polar surface area (TPSA) is 29.5 Å². The quantitative estimate of drug-likeness (QED) is 0.806. The van der Waals surface area contributed by atoms with Crippen molar-refractivity contribution in [3.8, 4) is 0 Å². The summed E-state index contributed by atoms with van der Waals surface area (Å²) in [6, 6.07) is 21.1. The molecule has 0 N–H and O–H groups in total. The van der Waals surface area contributed by atoms with Crippen molar-refractivity contribution >= 4 is 11.5 Å². The molecule has 0 radical (unpaired) electrons. The van der Waals surface area contributed by atoms with Gasteiger partial charge in [-0.3, -0.25) is 4.90 Å². The highest BCUT2D eigenvalue weighted by Gasteiger charge is 2.55. The molecular formula is C22H19NO2. The van der Waals surface area contributed by atoms with Gasteiger partial charge in [-0.2, -0.15) is 0 Å². The molecule has 1 aliphatic carbocycles. The van der Waals surface area contributed by atoms with Crippen LogP contribution in [0, 0.1) is 0 Å². The van der Waals surface area contributed by atoms with Gasteiger partial charge < -0.3 is 4.74 Å². The highest BCUT2D eigenvalue weighted by molar-refractivity contribution is 5.97. The fourth-order valence-corrected chi connectivity index (χ4v) is 4.40. The van der Waals surface area contributed by atoms with Crippen molar-refractivity contribution in [2.45, 2.75) is 24.6 Å². The van der Waals surface area contributed by atoms with Crippen molar-refractivity contribution < 1.29 is 9.53 Å². The zero-order chi connectivity index (χ0) is 16.9. The van der Waals surface area contributed by atoms with Gasteiger partial charge in [0.1, 0.15) is 0 Å². The number of fused-ring (bicyclic) bond motifs is 1. The molecule has 2 atom stereocenters. The first-order chi connectivity index (χ1) is 12.2. The van der Waals surface area contributed by atoms with E-state index in [9.17, 15) is 4.79 Å². The van der Waals surface area contributed by atoms with Crippen molar-refractivity contribution in [3.05, 3.63) is 89.5 Å². The molecule has 0 saturated carbocycles. The highest BCUT2D eigenvalue weighted by atomic mass is 16.6. The molecule has 0 amide bonds. The van der Waals surface area contributed by atoms with Crippen molar-refractivity contribution in [1.82, 2.24) is 4.90 Å². The first-order valence-corrected chi connectivity index (χ1v) is 8.74. The van der Waals surface area contributed by atoms with Gasteiger partial charge in [0.25, 0.3) is 0 Å². The normalized spacial score (nSPS) is 27.5. The third kappa shape index (κ3) is 2.35. The Kier molecular flexibility index (Phi) is 3.19. The molecule has 3 nitrogen and oxygen atoms in total. The molecule has 2 aromatic rings. The molecule has 25 heavy (non-hydrogen) atoms. The number of rotatable bonds is 3. The van der Waals surface area contributed by atoms with Crippen LogP contribution in [0.3, 0.4) is 0 Å². The van der Waals surface area contributed by atoms with Gasteiger partial charge in [0.05, 0.1) is 0 Å². The van der Waals surface area contributed by atoms with E-state index < -0.39 is 5.60 Å². The summed E-state index contributed by atoms with van der Waals surface area (Å²) in [5.74, 6) is -0.209. The monoisotopic (exact) mass is 329 g/mol. The smallest absolute Gasteiger partial charge is 0.332 e. The van der Waals surface area contributed by atoms with E-state index in [1.165, 1.54) is 5.56 Å². The van der Waals surface area contributed by atoms with Crippen molar-refractivity contribution in [3.63, 3.8) is 0 Å². The van der Waals surface area contributed by atoms with Crippen LogP contribution in [0.25, 0.3) is 5.57 Å². The number of ether oxygens (including phenoxy) is 1. The number of hydrogen-bond donors (Lipinski definition) is 0. The van der Waals surface area contributed by atoms with E-state index in [0.29, 0.717) is 6.04 Å². The lowest BCUT2D eigenvalue weighted by Gasteiger charge is -2.30. The summed E-state index contributed by atoms with van der Waals surface area (Å²) < 4.78 is 5.85. The zero-order valence-electron chi connectivity index (χ0n) is 13.9. The Balaban J connectivity index is 1.55. The lowest BCUT2D eigenvalue weighted by molar-refractivity contribution is -0.145. The number of carbonyl (C=O) groups excluding carboxylic acids is 1. The molecule has 3 aliphatic rings. The molecule has 1 saturated heterocycles. The highest BCUT2D eigenvalue weighted by Crippen LogP contribution is 2.50. The molecule has 3 heteroatoms. The Morgan fingerprint density at radius 3 is 2.52 bits per heavy atom. The largest absolute Gasteiger partial charge is 0.450 e. The second-order valence-electron chi connectivity index (χ2n) is 7.08. The minimum Gasteiger partial charge on any atom is -0.450 e.